The summed E-state index contributed by atoms with van der Waals surface area (Å²) in [6.45, 7) is 3.16. The Balaban J connectivity index is 1.58. The Morgan fingerprint density at radius 3 is 2.60 bits per heavy atom. The minimum atomic E-state index is 0.171. The van der Waals surface area contributed by atoms with Gasteiger partial charge >= 0.3 is 0 Å². The lowest BCUT2D eigenvalue weighted by Crippen LogP contribution is -2.30. The van der Waals surface area contributed by atoms with Gasteiger partial charge in [-0.15, -0.1) is 0 Å². The van der Waals surface area contributed by atoms with Crippen LogP contribution in [0.5, 0.6) is 5.75 Å². The molecule has 0 spiro atoms. The van der Waals surface area contributed by atoms with E-state index in [9.17, 15) is 4.79 Å². The number of aryl methyl sites for hydroxylation is 1. The van der Waals surface area contributed by atoms with E-state index in [0.717, 1.165) is 5.75 Å². The molecular formula is C17H25NO2. The van der Waals surface area contributed by atoms with Gasteiger partial charge in [-0.05, 0) is 37.8 Å². The number of carbonyl (C=O) groups is 1. The molecule has 3 nitrogen and oxygen atoms in total. The normalized spacial score (nSPS) is 15.8. The number of amides is 1. The second kappa shape index (κ2) is 7.93. The van der Waals surface area contributed by atoms with Crippen LogP contribution in [-0.2, 0) is 4.79 Å². The molecule has 0 unspecified atom stereocenters. The maximum atomic E-state index is 11.8. The summed E-state index contributed by atoms with van der Waals surface area (Å²) in [5, 5.41) is 2.95. The molecule has 0 atom stereocenters. The lowest BCUT2D eigenvalue weighted by molar-refractivity contribution is -0.122. The summed E-state index contributed by atoms with van der Waals surface area (Å²) in [6, 6.07) is 7.96. The van der Waals surface area contributed by atoms with Crippen LogP contribution in [-0.4, -0.2) is 19.1 Å². The average Bonchev–Trinajstić information content (AvgIpc) is 2.46. The molecule has 0 aromatic heterocycles. The zero-order chi connectivity index (χ0) is 14.2. The predicted octanol–water partition coefficient (Wildman–Crippen LogP) is 3.46. The summed E-state index contributed by atoms with van der Waals surface area (Å²) in [5.41, 5.74) is 1.22. The standard InChI is InChI=1S/C17H25NO2/c1-14-7-9-16(10-8-14)20-12-11-18-17(19)13-15-5-3-2-4-6-15/h7-10,15H,2-6,11-13H2,1H3,(H,18,19). The molecule has 2 rings (SSSR count). The van der Waals surface area contributed by atoms with Crippen LogP contribution in [0.1, 0.15) is 44.1 Å². The van der Waals surface area contributed by atoms with Crippen LogP contribution in [0.3, 0.4) is 0 Å². The van der Waals surface area contributed by atoms with Crippen molar-refractivity contribution in [2.45, 2.75) is 45.4 Å². The molecule has 1 N–H and O–H groups in total. The number of ether oxygens (including phenoxy) is 1. The Labute approximate surface area is 121 Å². The van der Waals surface area contributed by atoms with Crippen LogP contribution < -0.4 is 10.1 Å². The highest BCUT2D eigenvalue weighted by atomic mass is 16.5. The van der Waals surface area contributed by atoms with Crippen molar-refractivity contribution in [3.63, 3.8) is 0 Å². The number of nitrogens with one attached hydrogen (secondary N) is 1. The van der Waals surface area contributed by atoms with Gasteiger partial charge in [0.25, 0.3) is 0 Å². The summed E-state index contributed by atoms with van der Waals surface area (Å²) in [7, 11) is 0. The van der Waals surface area contributed by atoms with E-state index in [-0.39, 0.29) is 5.91 Å². The molecule has 0 aliphatic heterocycles. The smallest absolute Gasteiger partial charge is 0.220 e. The first-order chi connectivity index (χ1) is 9.74. The van der Waals surface area contributed by atoms with E-state index in [1.165, 1.54) is 37.7 Å². The highest BCUT2D eigenvalue weighted by Gasteiger charge is 2.16. The van der Waals surface area contributed by atoms with Crippen molar-refractivity contribution in [1.82, 2.24) is 5.32 Å². The van der Waals surface area contributed by atoms with Crippen molar-refractivity contribution < 1.29 is 9.53 Å². The Hall–Kier alpha value is -1.51. The van der Waals surface area contributed by atoms with E-state index in [2.05, 4.69) is 12.2 Å². The average molecular weight is 275 g/mol. The Morgan fingerprint density at radius 1 is 1.20 bits per heavy atom. The van der Waals surface area contributed by atoms with Crippen LogP contribution in [0.4, 0.5) is 0 Å². The van der Waals surface area contributed by atoms with E-state index in [1.54, 1.807) is 0 Å². The van der Waals surface area contributed by atoms with Crippen molar-refractivity contribution in [3.8, 4) is 5.75 Å². The molecule has 1 amide bonds. The molecule has 1 fully saturated rings. The highest BCUT2D eigenvalue weighted by molar-refractivity contribution is 5.76. The van der Waals surface area contributed by atoms with Crippen LogP contribution in [0.25, 0.3) is 0 Å². The third kappa shape index (κ3) is 5.24. The molecule has 110 valence electrons. The van der Waals surface area contributed by atoms with Gasteiger partial charge in [-0.25, -0.2) is 0 Å². The molecule has 3 heteroatoms. The van der Waals surface area contributed by atoms with Crippen molar-refractivity contribution in [1.29, 1.82) is 0 Å². The summed E-state index contributed by atoms with van der Waals surface area (Å²) in [6.07, 6.45) is 7.02. The lowest BCUT2D eigenvalue weighted by Gasteiger charge is -2.20. The number of carbonyl (C=O) groups excluding carboxylic acids is 1. The molecule has 0 radical (unpaired) electrons. The van der Waals surface area contributed by atoms with E-state index in [4.69, 9.17) is 4.74 Å². The monoisotopic (exact) mass is 275 g/mol. The van der Waals surface area contributed by atoms with Crippen LogP contribution in [0, 0.1) is 12.8 Å². The Bertz CT molecular complexity index is 408. The zero-order valence-electron chi connectivity index (χ0n) is 12.4. The van der Waals surface area contributed by atoms with Gasteiger partial charge in [-0.2, -0.15) is 0 Å². The van der Waals surface area contributed by atoms with E-state index in [1.807, 2.05) is 24.3 Å². The molecule has 1 saturated carbocycles. The number of hydrogen-bond acceptors (Lipinski definition) is 2. The number of benzene rings is 1. The number of rotatable bonds is 6. The van der Waals surface area contributed by atoms with Gasteiger partial charge in [0.05, 0.1) is 6.54 Å². The summed E-state index contributed by atoms with van der Waals surface area (Å²) in [5.74, 6) is 1.63. The quantitative estimate of drug-likeness (QED) is 0.807. The SMILES string of the molecule is Cc1ccc(OCCNC(=O)CC2CCCCC2)cc1. The molecule has 1 aromatic carbocycles. The van der Waals surface area contributed by atoms with Crippen molar-refractivity contribution in [2.75, 3.05) is 13.2 Å². The van der Waals surface area contributed by atoms with E-state index >= 15 is 0 Å². The van der Waals surface area contributed by atoms with Gasteiger partial charge in [-0.1, -0.05) is 37.0 Å². The molecule has 0 saturated heterocycles. The molecular weight excluding hydrogens is 250 g/mol. The third-order valence-electron chi connectivity index (χ3n) is 3.91. The molecule has 0 heterocycles. The van der Waals surface area contributed by atoms with Gasteiger partial charge in [-0.3, -0.25) is 4.79 Å². The lowest BCUT2D eigenvalue weighted by atomic mass is 9.87. The van der Waals surface area contributed by atoms with Crippen LogP contribution in [0.2, 0.25) is 0 Å². The molecule has 1 aliphatic carbocycles. The van der Waals surface area contributed by atoms with Crippen LogP contribution >= 0.6 is 0 Å². The Kier molecular flexibility index (Phi) is 5.90. The van der Waals surface area contributed by atoms with Gasteiger partial charge in [0.15, 0.2) is 0 Å². The first-order valence-corrected chi connectivity index (χ1v) is 7.70. The predicted molar refractivity (Wildman–Crippen MR) is 80.9 cm³/mol. The maximum Gasteiger partial charge on any atom is 0.220 e. The molecule has 1 aliphatic rings. The fourth-order valence-corrected chi connectivity index (χ4v) is 2.72. The fourth-order valence-electron chi connectivity index (χ4n) is 2.72. The second-order valence-electron chi connectivity index (χ2n) is 5.72. The van der Waals surface area contributed by atoms with E-state index in [0.29, 0.717) is 25.5 Å². The first-order valence-electron chi connectivity index (χ1n) is 7.70. The van der Waals surface area contributed by atoms with E-state index < -0.39 is 0 Å². The largest absolute Gasteiger partial charge is 0.492 e. The first kappa shape index (κ1) is 14.9. The fraction of sp³-hybridized carbons (Fsp3) is 0.588. The zero-order valence-corrected chi connectivity index (χ0v) is 12.4. The molecule has 0 bridgehead atoms. The minimum absolute atomic E-state index is 0.171. The highest BCUT2D eigenvalue weighted by Crippen LogP contribution is 2.25. The topological polar surface area (TPSA) is 38.3 Å². The summed E-state index contributed by atoms with van der Waals surface area (Å²) >= 11 is 0. The third-order valence-corrected chi connectivity index (χ3v) is 3.91. The summed E-state index contributed by atoms with van der Waals surface area (Å²) in [4.78, 5) is 11.8. The Morgan fingerprint density at radius 2 is 1.90 bits per heavy atom. The van der Waals surface area contributed by atoms with Crippen LogP contribution in [0.15, 0.2) is 24.3 Å². The van der Waals surface area contributed by atoms with Gasteiger partial charge in [0, 0.05) is 6.42 Å². The molecule has 1 aromatic rings. The van der Waals surface area contributed by atoms with Crippen molar-refractivity contribution >= 4 is 5.91 Å². The van der Waals surface area contributed by atoms with Crippen molar-refractivity contribution in [2.24, 2.45) is 5.92 Å². The minimum Gasteiger partial charge on any atom is -0.492 e. The van der Waals surface area contributed by atoms with Gasteiger partial charge in [0.1, 0.15) is 12.4 Å². The number of hydrogen-bond donors (Lipinski definition) is 1. The van der Waals surface area contributed by atoms with Crippen molar-refractivity contribution in [3.05, 3.63) is 29.8 Å². The summed E-state index contributed by atoms with van der Waals surface area (Å²) < 4.78 is 5.59. The molecule has 20 heavy (non-hydrogen) atoms. The maximum absolute atomic E-state index is 11.8. The van der Waals surface area contributed by atoms with Gasteiger partial charge < -0.3 is 10.1 Å². The second-order valence-corrected chi connectivity index (χ2v) is 5.72. The van der Waals surface area contributed by atoms with Gasteiger partial charge in [0.2, 0.25) is 5.91 Å².